The van der Waals surface area contributed by atoms with E-state index in [1.807, 2.05) is 24.4 Å². The number of halogens is 1. The molecule has 0 saturated carbocycles. The first kappa shape index (κ1) is 15.4. The predicted octanol–water partition coefficient (Wildman–Crippen LogP) is 4.95. The third-order valence-corrected chi connectivity index (χ3v) is 4.14. The maximum absolute atomic E-state index is 5.99. The molecule has 0 bridgehead atoms. The van der Waals surface area contributed by atoms with Crippen LogP contribution < -0.4 is 5.32 Å². The van der Waals surface area contributed by atoms with Gasteiger partial charge in [-0.2, -0.15) is 0 Å². The van der Waals surface area contributed by atoms with Crippen molar-refractivity contribution in [3.63, 3.8) is 0 Å². The zero-order chi connectivity index (χ0) is 14.4. The van der Waals surface area contributed by atoms with E-state index in [0.717, 1.165) is 33.5 Å². The average Bonchev–Trinajstić information content (AvgIpc) is 2.45. The predicted molar refractivity (Wildman–Crippen MR) is 86.5 cm³/mol. The van der Waals surface area contributed by atoms with Gasteiger partial charge in [-0.15, -0.1) is 0 Å². The molecule has 0 saturated heterocycles. The summed E-state index contributed by atoms with van der Waals surface area (Å²) in [6.45, 7) is 5.32. The molecule has 1 aromatic carbocycles. The minimum Gasteiger partial charge on any atom is -0.309 e. The van der Waals surface area contributed by atoms with Gasteiger partial charge in [0.05, 0.1) is 5.69 Å². The molecule has 0 aliphatic carbocycles. The fourth-order valence-corrected chi connectivity index (χ4v) is 2.94. The summed E-state index contributed by atoms with van der Waals surface area (Å²) in [5.74, 6) is 0. The first-order chi connectivity index (χ1) is 9.69. The lowest BCUT2D eigenvalue weighted by Crippen LogP contribution is -2.20. The number of nitrogens with one attached hydrogen (secondary N) is 1. The van der Waals surface area contributed by atoms with Crippen molar-refractivity contribution in [2.24, 2.45) is 0 Å². The first-order valence-corrected chi connectivity index (χ1v) is 8.01. The molecule has 2 rings (SSSR count). The lowest BCUT2D eigenvalue weighted by atomic mass is 10.2. The molecule has 20 heavy (non-hydrogen) atoms. The third-order valence-electron chi connectivity index (χ3n) is 2.94. The molecule has 1 aromatic heterocycles. The standard InChI is InChI=1S/C16H19ClN2S/c1-3-9-18-12(2)16-8-7-15(11-19-16)20-14-6-4-5-13(17)10-14/h4-8,10-12,18H,3,9H2,1-2H3. The number of hydrogen-bond donors (Lipinski definition) is 1. The maximum atomic E-state index is 5.99. The third kappa shape index (κ3) is 4.51. The van der Waals surface area contributed by atoms with Crippen LogP contribution in [-0.2, 0) is 0 Å². The Hall–Kier alpha value is -1.03. The van der Waals surface area contributed by atoms with Gasteiger partial charge in [-0.1, -0.05) is 36.4 Å². The molecule has 0 spiro atoms. The zero-order valence-corrected chi connectivity index (χ0v) is 13.3. The first-order valence-electron chi connectivity index (χ1n) is 6.82. The van der Waals surface area contributed by atoms with E-state index in [0.29, 0.717) is 6.04 Å². The molecular formula is C16H19ClN2S. The summed E-state index contributed by atoms with van der Waals surface area (Å²) in [6.07, 6.45) is 3.05. The Kier molecular flexibility index (Phi) is 5.89. The fourth-order valence-electron chi connectivity index (χ4n) is 1.84. The van der Waals surface area contributed by atoms with E-state index in [4.69, 9.17) is 11.6 Å². The summed E-state index contributed by atoms with van der Waals surface area (Å²) < 4.78 is 0. The highest BCUT2D eigenvalue weighted by Crippen LogP contribution is 2.29. The van der Waals surface area contributed by atoms with Gasteiger partial charge in [-0.25, -0.2) is 0 Å². The van der Waals surface area contributed by atoms with E-state index in [-0.39, 0.29) is 0 Å². The second kappa shape index (κ2) is 7.67. The number of hydrogen-bond acceptors (Lipinski definition) is 3. The molecular weight excluding hydrogens is 288 g/mol. The van der Waals surface area contributed by atoms with E-state index in [9.17, 15) is 0 Å². The zero-order valence-electron chi connectivity index (χ0n) is 11.8. The van der Waals surface area contributed by atoms with E-state index >= 15 is 0 Å². The van der Waals surface area contributed by atoms with Crippen molar-refractivity contribution in [2.75, 3.05) is 6.54 Å². The maximum Gasteiger partial charge on any atom is 0.0571 e. The number of rotatable bonds is 6. The molecule has 0 radical (unpaired) electrons. The molecule has 1 atom stereocenters. The second-order valence-electron chi connectivity index (χ2n) is 4.65. The Morgan fingerprint density at radius 1 is 1.25 bits per heavy atom. The van der Waals surface area contributed by atoms with Gasteiger partial charge in [-0.3, -0.25) is 4.98 Å². The molecule has 1 N–H and O–H groups in total. The van der Waals surface area contributed by atoms with Crippen molar-refractivity contribution in [1.82, 2.24) is 10.3 Å². The quantitative estimate of drug-likeness (QED) is 0.817. The highest BCUT2D eigenvalue weighted by atomic mass is 35.5. The van der Waals surface area contributed by atoms with Gasteiger partial charge in [0.1, 0.15) is 0 Å². The molecule has 0 aliphatic heterocycles. The van der Waals surface area contributed by atoms with Gasteiger partial charge in [0, 0.05) is 27.1 Å². The van der Waals surface area contributed by atoms with Crippen molar-refractivity contribution >= 4 is 23.4 Å². The Balaban J connectivity index is 2.01. The van der Waals surface area contributed by atoms with Crippen LogP contribution in [0.5, 0.6) is 0 Å². The highest BCUT2D eigenvalue weighted by Gasteiger charge is 2.06. The van der Waals surface area contributed by atoms with E-state index in [2.05, 4.69) is 42.3 Å². The van der Waals surface area contributed by atoms with Crippen molar-refractivity contribution in [1.29, 1.82) is 0 Å². The summed E-state index contributed by atoms with van der Waals surface area (Å²) in [5, 5.41) is 4.20. The summed E-state index contributed by atoms with van der Waals surface area (Å²) >= 11 is 7.66. The van der Waals surface area contributed by atoms with Crippen LogP contribution in [0.4, 0.5) is 0 Å². The van der Waals surface area contributed by atoms with Crippen LogP contribution in [-0.4, -0.2) is 11.5 Å². The number of benzene rings is 1. The normalized spacial score (nSPS) is 12.3. The van der Waals surface area contributed by atoms with Crippen molar-refractivity contribution in [2.45, 2.75) is 36.1 Å². The fraction of sp³-hybridized carbons (Fsp3) is 0.312. The molecule has 4 heteroatoms. The molecule has 0 amide bonds. The van der Waals surface area contributed by atoms with Crippen LogP contribution in [0, 0.1) is 0 Å². The lowest BCUT2D eigenvalue weighted by Gasteiger charge is -2.12. The van der Waals surface area contributed by atoms with E-state index in [1.54, 1.807) is 11.8 Å². The van der Waals surface area contributed by atoms with Gasteiger partial charge in [-0.05, 0) is 50.2 Å². The number of pyridine rings is 1. The second-order valence-corrected chi connectivity index (χ2v) is 6.24. The van der Waals surface area contributed by atoms with E-state index < -0.39 is 0 Å². The number of nitrogens with zero attached hydrogens (tertiary/aromatic N) is 1. The average molecular weight is 307 g/mol. The summed E-state index contributed by atoms with van der Waals surface area (Å²) in [5.41, 5.74) is 1.08. The molecule has 1 unspecified atom stereocenters. The molecule has 106 valence electrons. The highest BCUT2D eigenvalue weighted by molar-refractivity contribution is 7.99. The SMILES string of the molecule is CCCNC(C)c1ccc(Sc2cccc(Cl)c2)cn1. The molecule has 0 aliphatic rings. The van der Waals surface area contributed by atoms with Crippen LogP contribution in [0.15, 0.2) is 52.4 Å². The summed E-state index contributed by atoms with van der Waals surface area (Å²) in [6, 6.07) is 12.3. The van der Waals surface area contributed by atoms with Crippen LogP contribution >= 0.6 is 23.4 Å². The summed E-state index contributed by atoms with van der Waals surface area (Å²) in [7, 11) is 0. The van der Waals surface area contributed by atoms with Gasteiger partial charge < -0.3 is 5.32 Å². The van der Waals surface area contributed by atoms with Gasteiger partial charge in [0.2, 0.25) is 0 Å². The van der Waals surface area contributed by atoms with Crippen molar-refractivity contribution in [3.8, 4) is 0 Å². The van der Waals surface area contributed by atoms with Gasteiger partial charge in [0.15, 0.2) is 0 Å². The molecule has 2 nitrogen and oxygen atoms in total. The lowest BCUT2D eigenvalue weighted by molar-refractivity contribution is 0.558. The van der Waals surface area contributed by atoms with Crippen molar-refractivity contribution in [3.05, 3.63) is 53.3 Å². The largest absolute Gasteiger partial charge is 0.309 e. The number of aromatic nitrogens is 1. The van der Waals surface area contributed by atoms with Crippen LogP contribution in [0.2, 0.25) is 5.02 Å². The Morgan fingerprint density at radius 3 is 2.75 bits per heavy atom. The molecule has 1 heterocycles. The monoisotopic (exact) mass is 306 g/mol. The van der Waals surface area contributed by atoms with Crippen LogP contribution in [0.25, 0.3) is 0 Å². The van der Waals surface area contributed by atoms with Gasteiger partial charge in [0.25, 0.3) is 0 Å². The van der Waals surface area contributed by atoms with Gasteiger partial charge >= 0.3 is 0 Å². The topological polar surface area (TPSA) is 24.9 Å². The minimum atomic E-state index is 0.292. The van der Waals surface area contributed by atoms with E-state index in [1.165, 1.54) is 0 Å². The molecule has 0 fully saturated rings. The minimum absolute atomic E-state index is 0.292. The van der Waals surface area contributed by atoms with Crippen LogP contribution in [0.1, 0.15) is 32.0 Å². The van der Waals surface area contributed by atoms with Crippen LogP contribution in [0.3, 0.4) is 0 Å². The van der Waals surface area contributed by atoms with Crippen molar-refractivity contribution < 1.29 is 0 Å². The summed E-state index contributed by atoms with van der Waals surface area (Å²) in [4.78, 5) is 6.79. The Morgan fingerprint density at radius 2 is 2.10 bits per heavy atom. The Bertz CT molecular complexity index is 542. The Labute approximate surface area is 130 Å². The molecule has 2 aromatic rings. The smallest absolute Gasteiger partial charge is 0.0571 e.